The van der Waals surface area contributed by atoms with Gasteiger partial charge < -0.3 is 0 Å². The first-order valence-corrected chi connectivity index (χ1v) is 6.86. The van der Waals surface area contributed by atoms with Crippen molar-refractivity contribution in [1.29, 1.82) is 0 Å². The SMILES string of the molecule is CCCC(C)C(CC)(CCl)c1ccccc1. The molecule has 0 fully saturated rings. The monoisotopic (exact) mass is 238 g/mol. The minimum Gasteiger partial charge on any atom is -0.126 e. The van der Waals surface area contributed by atoms with Gasteiger partial charge in [-0.15, -0.1) is 11.6 Å². The van der Waals surface area contributed by atoms with Crippen LogP contribution < -0.4 is 0 Å². The van der Waals surface area contributed by atoms with Crippen LogP contribution in [0.5, 0.6) is 0 Å². The lowest BCUT2D eigenvalue weighted by Gasteiger charge is -2.37. The fraction of sp³-hybridized carbons (Fsp3) is 0.600. The molecule has 0 heterocycles. The van der Waals surface area contributed by atoms with E-state index >= 15 is 0 Å². The Morgan fingerprint density at radius 2 is 1.81 bits per heavy atom. The third kappa shape index (κ3) is 2.60. The lowest BCUT2D eigenvalue weighted by Crippen LogP contribution is -2.35. The minimum atomic E-state index is 0.152. The van der Waals surface area contributed by atoms with E-state index < -0.39 is 0 Å². The molecule has 1 heteroatoms. The zero-order valence-electron chi connectivity index (χ0n) is 10.7. The molecule has 0 bridgehead atoms. The average Bonchev–Trinajstić information content (AvgIpc) is 2.33. The second kappa shape index (κ2) is 6.30. The Kier molecular flexibility index (Phi) is 5.34. The smallest absolute Gasteiger partial charge is 0.0323 e. The van der Waals surface area contributed by atoms with E-state index in [-0.39, 0.29) is 5.41 Å². The number of rotatable bonds is 6. The Hall–Kier alpha value is -0.490. The Labute approximate surface area is 105 Å². The van der Waals surface area contributed by atoms with Crippen LogP contribution in [0.2, 0.25) is 0 Å². The molecule has 0 aliphatic rings. The maximum absolute atomic E-state index is 6.29. The van der Waals surface area contributed by atoms with E-state index in [0.717, 1.165) is 6.42 Å². The molecule has 0 nitrogen and oxygen atoms in total. The van der Waals surface area contributed by atoms with Crippen molar-refractivity contribution in [2.75, 3.05) is 5.88 Å². The first-order chi connectivity index (χ1) is 7.71. The predicted octanol–water partition coefficient (Wildman–Crippen LogP) is 5.01. The maximum atomic E-state index is 6.29. The van der Waals surface area contributed by atoms with Gasteiger partial charge in [0.25, 0.3) is 0 Å². The topological polar surface area (TPSA) is 0 Å². The van der Waals surface area contributed by atoms with Crippen molar-refractivity contribution >= 4 is 11.6 Å². The molecule has 0 aliphatic carbocycles. The number of benzene rings is 1. The highest BCUT2D eigenvalue weighted by Crippen LogP contribution is 2.39. The summed E-state index contributed by atoms with van der Waals surface area (Å²) in [6, 6.07) is 10.7. The molecule has 0 aliphatic heterocycles. The lowest BCUT2D eigenvalue weighted by atomic mass is 9.69. The Bertz CT molecular complexity index is 288. The molecule has 0 spiro atoms. The van der Waals surface area contributed by atoms with E-state index in [1.807, 2.05) is 0 Å². The molecule has 2 atom stereocenters. The van der Waals surface area contributed by atoms with Crippen LogP contribution in [-0.4, -0.2) is 5.88 Å². The third-order valence-corrected chi connectivity index (χ3v) is 4.36. The van der Waals surface area contributed by atoms with E-state index in [4.69, 9.17) is 11.6 Å². The molecular formula is C15H23Cl. The van der Waals surface area contributed by atoms with Crippen LogP contribution in [0, 0.1) is 5.92 Å². The van der Waals surface area contributed by atoms with E-state index in [2.05, 4.69) is 51.1 Å². The highest BCUT2D eigenvalue weighted by Gasteiger charge is 2.34. The molecule has 1 rings (SSSR count). The summed E-state index contributed by atoms with van der Waals surface area (Å²) in [5.41, 5.74) is 1.55. The van der Waals surface area contributed by atoms with Crippen LogP contribution in [0.4, 0.5) is 0 Å². The van der Waals surface area contributed by atoms with Crippen molar-refractivity contribution in [2.24, 2.45) is 5.92 Å². The molecule has 0 aromatic heterocycles. The molecular weight excluding hydrogens is 216 g/mol. The second-order valence-corrected chi connectivity index (χ2v) is 4.97. The molecule has 1 aromatic rings. The van der Waals surface area contributed by atoms with Crippen molar-refractivity contribution < 1.29 is 0 Å². The summed E-state index contributed by atoms with van der Waals surface area (Å²) in [5, 5.41) is 0. The number of halogens is 1. The van der Waals surface area contributed by atoms with Crippen molar-refractivity contribution in [3.05, 3.63) is 35.9 Å². The predicted molar refractivity (Wildman–Crippen MR) is 73.2 cm³/mol. The molecule has 0 N–H and O–H groups in total. The Morgan fingerprint density at radius 3 is 2.25 bits per heavy atom. The van der Waals surface area contributed by atoms with Crippen molar-refractivity contribution in [1.82, 2.24) is 0 Å². The van der Waals surface area contributed by atoms with Crippen LogP contribution in [-0.2, 0) is 5.41 Å². The summed E-state index contributed by atoms with van der Waals surface area (Å²) < 4.78 is 0. The van der Waals surface area contributed by atoms with E-state index in [0.29, 0.717) is 11.8 Å². The van der Waals surface area contributed by atoms with Gasteiger partial charge in [0.15, 0.2) is 0 Å². The van der Waals surface area contributed by atoms with Crippen LogP contribution in [0.3, 0.4) is 0 Å². The molecule has 90 valence electrons. The van der Waals surface area contributed by atoms with Gasteiger partial charge in [0.2, 0.25) is 0 Å². The van der Waals surface area contributed by atoms with Crippen LogP contribution in [0.25, 0.3) is 0 Å². The molecule has 16 heavy (non-hydrogen) atoms. The van der Waals surface area contributed by atoms with E-state index in [1.165, 1.54) is 18.4 Å². The largest absolute Gasteiger partial charge is 0.126 e. The average molecular weight is 239 g/mol. The Morgan fingerprint density at radius 1 is 1.19 bits per heavy atom. The van der Waals surface area contributed by atoms with Gasteiger partial charge in [-0.2, -0.15) is 0 Å². The summed E-state index contributed by atoms with van der Waals surface area (Å²) in [6.45, 7) is 6.83. The molecule has 0 saturated carbocycles. The zero-order chi connectivity index (χ0) is 12.0. The summed E-state index contributed by atoms with van der Waals surface area (Å²) >= 11 is 6.29. The first-order valence-electron chi connectivity index (χ1n) is 6.32. The van der Waals surface area contributed by atoms with E-state index in [9.17, 15) is 0 Å². The Balaban J connectivity index is 3.05. The van der Waals surface area contributed by atoms with Crippen LogP contribution in [0.1, 0.15) is 45.6 Å². The summed E-state index contributed by atoms with van der Waals surface area (Å²) in [4.78, 5) is 0. The van der Waals surface area contributed by atoms with Crippen molar-refractivity contribution in [3.8, 4) is 0 Å². The lowest BCUT2D eigenvalue weighted by molar-refractivity contribution is 0.289. The molecule has 0 amide bonds. The molecule has 2 unspecified atom stereocenters. The highest BCUT2D eigenvalue weighted by atomic mass is 35.5. The van der Waals surface area contributed by atoms with Gasteiger partial charge in [-0.05, 0) is 17.9 Å². The van der Waals surface area contributed by atoms with Crippen molar-refractivity contribution in [3.63, 3.8) is 0 Å². The number of hydrogen-bond acceptors (Lipinski definition) is 0. The van der Waals surface area contributed by atoms with Crippen LogP contribution >= 0.6 is 11.6 Å². The quantitative estimate of drug-likeness (QED) is 0.612. The van der Waals surface area contributed by atoms with Gasteiger partial charge in [0.05, 0.1) is 0 Å². The van der Waals surface area contributed by atoms with Gasteiger partial charge in [0, 0.05) is 11.3 Å². The molecule has 0 radical (unpaired) electrons. The van der Waals surface area contributed by atoms with Gasteiger partial charge in [-0.3, -0.25) is 0 Å². The van der Waals surface area contributed by atoms with E-state index in [1.54, 1.807) is 0 Å². The summed E-state index contributed by atoms with van der Waals surface area (Å²) in [5.74, 6) is 1.36. The summed E-state index contributed by atoms with van der Waals surface area (Å²) in [7, 11) is 0. The third-order valence-electron chi connectivity index (χ3n) is 3.88. The fourth-order valence-corrected chi connectivity index (χ4v) is 3.23. The first kappa shape index (κ1) is 13.6. The van der Waals surface area contributed by atoms with Crippen LogP contribution in [0.15, 0.2) is 30.3 Å². The molecule has 0 saturated heterocycles. The highest BCUT2D eigenvalue weighted by molar-refractivity contribution is 6.18. The minimum absolute atomic E-state index is 0.152. The number of hydrogen-bond donors (Lipinski definition) is 0. The van der Waals surface area contributed by atoms with Gasteiger partial charge >= 0.3 is 0 Å². The van der Waals surface area contributed by atoms with Crippen molar-refractivity contribution in [2.45, 2.75) is 45.4 Å². The van der Waals surface area contributed by atoms with Gasteiger partial charge in [-0.1, -0.05) is 63.9 Å². The summed E-state index contributed by atoms with van der Waals surface area (Å²) in [6.07, 6.45) is 3.59. The normalized spacial score (nSPS) is 16.8. The molecule has 1 aromatic carbocycles. The maximum Gasteiger partial charge on any atom is 0.0323 e. The van der Waals surface area contributed by atoms with Gasteiger partial charge in [-0.25, -0.2) is 0 Å². The zero-order valence-corrected chi connectivity index (χ0v) is 11.4. The van der Waals surface area contributed by atoms with Gasteiger partial charge in [0.1, 0.15) is 0 Å². The fourth-order valence-electron chi connectivity index (χ4n) is 2.62. The number of alkyl halides is 1. The second-order valence-electron chi connectivity index (χ2n) is 4.70. The standard InChI is InChI=1S/C15H23Cl/c1-4-9-13(3)15(5-2,12-16)14-10-7-6-8-11-14/h6-8,10-11,13H,4-5,9,12H2,1-3H3.